The molecule has 0 aliphatic carbocycles. The highest BCUT2D eigenvalue weighted by atomic mass is 19.1. The molecule has 1 aliphatic heterocycles. The number of likely N-dealkylation sites (tertiary alicyclic amines) is 1. The molecule has 0 unspecified atom stereocenters. The van der Waals surface area contributed by atoms with Crippen LogP contribution in [-0.2, 0) is 11.2 Å². The van der Waals surface area contributed by atoms with Crippen LogP contribution in [0.2, 0.25) is 0 Å². The number of hydrogen-bond donors (Lipinski definition) is 1. The van der Waals surface area contributed by atoms with Gasteiger partial charge in [-0.2, -0.15) is 0 Å². The summed E-state index contributed by atoms with van der Waals surface area (Å²) in [5, 5.41) is 10.1. The third-order valence-corrected chi connectivity index (χ3v) is 5.76. The van der Waals surface area contributed by atoms with E-state index in [4.69, 9.17) is 4.74 Å². The van der Waals surface area contributed by atoms with Gasteiger partial charge in [-0.05, 0) is 61.9 Å². The number of para-hydroxylation sites is 1. The molecule has 1 amide bonds. The van der Waals surface area contributed by atoms with Crippen molar-refractivity contribution in [1.29, 1.82) is 0 Å². The molecule has 1 heterocycles. The first-order valence-corrected chi connectivity index (χ1v) is 10.4. The molecule has 2 aromatic rings. The van der Waals surface area contributed by atoms with Gasteiger partial charge in [-0.25, -0.2) is 4.39 Å². The molecule has 0 saturated carbocycles. The minimum absolute atomic E-state index is 0.0600. The van der Waals surface area contributed by atoms with Crippen molar-refractivity contribution in [1.82, 2.24) is 4.90 Å². The molecule has 0 spiro atoms. The normalized spacial score (nSPS) is 19.2. The molecule has 1 atom stereocenters. The van der Waals surface area contributed by atoms with Gasteiger partial charge in [0.05, 0.1) is 13.2 Å². The van der Waals surface area contributed by atoms with E-state index in [9.17, 15) is 14.3 Å². The Bertz CT molecular complexity index is 765. The fourth-order valence-electron chi connectivity index (χ4n) is 3.99. The zero-order valence-corrected chi connectivity index (χ0v) is 16.9. The number of aliphatic hydroxyl groups excluding tert-OH is 1. The van der Waals surface area contributed by atoms with Gasteiger partial charge in [-0.15, -0.1) is 0 Å². The number of nitrogens with zero attached hydrogens (tertiary/aromatic N) is 1. The first-order chi connectivity index (χ1) is 14.1. The molecular formula is C24H30FNO3. The van der Waals surface area contributed by atoms with E-state index in [2.05, 4.69) is 0 Å². The zero-order valence-electron chi connectivity index (χ0n) is 16.9. The molecule has 0 aromatic heterocycles. The van der Waals surface area contributed by atoms with Gasteiger partial charge in [0.2, 0.25) is 5.91 Å². The summed E-state index contributed by atoms with van der Waals surface area (Å²) in [7, 11) is 0. The Labute approximate surface area is 172 Å². The number of aliphatic hydroxyl groups is 1. The molecule has 1 N–H and O–H groups in total. The Morgan fingerprint density at radius 2 is 1.90 bits per heavy atom. The number of carbonyl (C=O) groups is 1. The van der Waals surface area contributed by atoms with E-state index in [0.29, 0.717) is 19.6 Å². The number of carbonyl (C=O) groups excluding carboxylic acids is 1. The van der Waals surface area contributed by atoms with Crippen molar-refractivity contribution in [3.05, 3.63) is 66.0 Å². The number of rotatable bonds is 9. The van der Waals surface area contributed by atoms with Crippen LogP contribution in [0.15, 0.2) is 54.6 Å². The molecule has 4 nitrogen and oxygen atoms in total. The van der Waals surface area contributed by atoms with Crippen LogP contribution in [-0.4, -0.2) is 42.2 Å². The van der Waals surface area contributed by atoms with Crippen molar-refractivity contribution in [2.75, 3.05) is 26.3 Å². The SMILES string of the molecule is O=C(CCCc1ccc(F)cc1)N1CCC[C@@](CO)(CCOc2ccccc2)C1. The molecule has 0 radical (unpaired) electrons. The summed E-state index contributed by atoms with van der Waals surface area (Å²) in [5.74, 6) is 0.716. The monoisotopic (exact) mass is 399 g/mol. The average Bonchev–Trinajstić information content (AvgIpc) is 2.76. The Hall–Kier alpha value is -2.40. The maximum Gasteiger partial charge on any atom is 0.222 e. The summed E-state index contributed by atoms with van der Waals surface area (Å²) in [5.41, 5.74) is 0.750. The lowest BCUT2D eigenvalue weighted by atomic mass is 9.78. The lowest BCUT2D eigenvalue weighted by molar-refractivity contribution is -0.136. The standard InChI is InChI=1S/C24H30FNO3/c25-21-12-10-20(11-13-21)6-4-9-23(28)26-16-5-14-24(18-26,19-27)15-17-29-22-7-2-1-3-8-22/h1-3,7-8,10-13,27H,4-6,9,14-19H2/t24-/m1/s1. The van der Waals surface area contributed by atoms with E-state index >= 15 is 0 Å². The second kappa shape index (κ2) is 10.4. The number of hydrogen-bond acceptors (Lipinski definition) is 3. The number of amides is 1. The van der Waals surface area contributed by atoms with Crippen LogP contribution in [0.5, 0.6) is 5.75 Å². The van der Waals surface area contributed by atoms with E-state index in [1.165, 1.54) is 12.1 Å². The van der Waals surface area contributed by atoms with Gasteiger partial charge in [0.15, 0.2) is 0 Å². The highest BCUT2D eigenvalue weighted by molar-refractivity contribution is 5.76. The Balaban J connectivity index is 1.46. The van der Waals surface area contributed by atoms with Gasteiger partial charge in [0, 0.05) is 24.9 Å². The second-order valence-electron chi connectivity index (χ2n) is 7.97. The van der Waals surface area contributed by atoms with Crippen molar-refractivity contribution in [2.24, 2.45) is 5.41 Å². The van der Waals surface area contributed by atoms with Crippen molar-refractivity contribution in [3.63, 3.8) is 0 Å². The van der Waals surface area contributed by atoms with E-state index in [1.54, 1.807) is 12.1 Å². The van der Waals surface area contributed by atoms with Gasteiger partial charge < -0.3 is 14.7 Å². The summed E-state index contributed by atoms with van der Waals surface area (Å²) in [6.07, 6.45) is 4.49. The van der Waals surface area contributed by atoms with E-state index in [1.807, 2.05) is 35.2 Å². The smallest absolute Gasteiger partial charge is 0.222 e. The van der Waals surface area contributed by atoms with Gasteiger partial charge in [0.25, 0.3) is 0 Å². The Kier molecular flexibility index (Phi) is 7.64. The van der Waals surface area contributed by atoms with E-state index in [0.717, 1.165) is 50.0 Å². The molecule has 3 rings (SSSR count). The highest BCUT2D eigenvalue weighted by Crippen LogP contribution is 2.33. The first-order valence-electron chi connectivity index (χ1n) is 10.4. The number of piperidine rings is 1. The molecule has 0 bridgehead atoms. The zero-order chi connectivity index (χ0) is 20.5. The summed E-state index contributed by atoms with van der Waals surface area (Å²) >= 11 is 0. The lowest BCUT2D eigenvalue weighted by Gasteiger charge is -2.42. The Morgan fingerprint density at radius 1 is 1.14 bits per heavy atom. The maximum atomic E-state index is 13.0. The fourth-order valence-corrected chi connectivity index (χ4v) is 3.99. The van der Waals surface area contributed by atoms with Crippen molar-refractivity contribution in [2.45, 2.75) is 38.5 Å². The van der Waals surface area contributed by atoms with Crippen molar-refractivity contribution >= 4 is 5.91 Å². The predicted octanol–water partition coefficient (Wildman–Crippen LogP) is 4.22. The Morgan fingerprint density at radius 3 is 2.62 bits per heavy atom. The van der Waals surface area contributed by atoms with Crippen LogP contribution in [0.3, 0.4) is 0 Å². The third-order valence-electron chi connectivity index (χ3n) is 5.76. The molecular weight excluding hydrogens is 369 g/mol. The quantitative estimate of drug-likeness (QED) is 0.687. The number of benzene rings is 2. The maximum absolute atomic E-state index is 13.0. The largest absolute Gasteiger partial charge is 0.494 e. The van der Waals surface area contributed by atoms with Crippen LogP contribution in [0, 0.1) is 11.2 Å². The van der Waals surface area contributed by atoms with Gasteiger partial charge in [0.1, 0.15) is 11.6 Å². The minimum atomic E-state index is -0.292. The van der Waals surface area contributed by atoms with E-state index < -0.39 is 0 Å². The van der Waals surface area contributed by atoms with Crippen LogP contribution in [0.1, 0.15) is 37.7 Å². The molecule has 156 valence electrons. The second-order valence-corrected chi connectivity index (χ2v) is 7.97. The fraction of sp³-hybridized carbons (Fsp3) is 0.458. The molecule has 1 aliphatic rings. The van der Waals surface area contributed by atoms with Crippen LogP contribution >= 0.6 is 0 Å². The summed E-state index contributed by atoms with van der Waals surface area (Å²) in [4.78, 5) is 14.6. The topological polar surface area (TPSA) is 49.8 Å². The molecule has 1 saturated heterocycles. The predicted molar refractivity (Wildman–Crippen MR) is 111 cm³/mol. The first kappa shape index (κ1) is 21.3. The number of halogens is 1. The third kappa shape index (κ3) is 6.29. The lowest BCUT2D eigenvalue weighted by Crippen LogP contribution is -2.48. The summed E-state index contributed by atoms with van der Waals surface area (Å²) in [6, 6.07) is 16.1. The van der Waals surface area contributed by atoms with Crippen molar-refractivity contribution < 1.29 is 19.0 Å². The minimum Gasteiger partial charge on any atom is -0.494 e. The van der Waals surface area contributed by atoms with Gasteiger partial charge in [-0.3, -0.25) is 4.79 Å². The van der Waals surface area contributed by atoms with Crippen molar-refractivity contribution in [3.8, 4) is 5.75 Å². The van der Waals surface area contributed by atoms with Gasteiger partial charge in [-0.1, -0.05) is 30.3 Å². The van der Waals surface area contributed by atoms with E-state index in [-0.39, 0.29) is 23.7 Å². The summed E-state index contributed by atoms with van der Waals surface area (Å²) in [6.45, 7) is 1.91. The molecule has 2 aromatic carbocycles. The number of aryl methyl sites for hydroxylation is 1. The summed E-state index contributed by atoms with van der Waals surface area (Å²) < 4.78 is 18.8. The van der Waals surface area contributed by atoms with Crippen LogP contribution < -0.4 is 4.74 Å². The highest BCUT2D eigenvalue weighted by Gasteiger charge is 2.36. The molecule has 29 heavy (non-hydrogen) atoms. The molecule has 5 heteroatoms. The van der Waals surface area contributed by atoms with Crippen LogP contribution in [0.4, 0.5) is 4.39 Å². The average molecular weight is 400 g/mol. The van der Waals surface area contributed by atoms with Crippen LogP contribution in [0.25, 0.3) is 0 Å². The molecule has 1 fully saturated rings. The van der Waals surface area contributed by atoms with Gasteiger partial charge >= 0.3 is 0 Å². The number of ether oxygens (including phenoxy) is 1.